The van der Waals surface area contributed by atoms with Crippen LogP contribution in [-0.4, -0.2) is 45.7 Å². The first-order chi connectivity index (χ1) is 24.3. The summed E-state index contributed by atoms with van der Waals surface area (Å²) < 4.78 is 29.3. The predicted molar refractivity (Wildman–Crippen MR) is 198 cm³/mol. The van der Waals surface area contributed by atoms with E-state index in [4.69, 9.17) is 14.4 Å². The molecule has 7 rings (SSSR count). The molecule has 9 nitrogen and oxygen atoms in total. The highest BCUT2D eigenvalue weighted by Crippen LogP contribution is 2.53. The third-order valence-corrected chi connectivity index (χ3v) is 11.8. The molecule has 4 aromatic carbocycles. The van der Waals surface area contributed by atoms with E-state index in [9.17, 15) is 9.59 Å². The van der Waals surface area contributed by atoms with Crippen molar-refractivity contribution in [1.29, 1.82) is 0 Å². The van der Waals surface area contributed by atoms with E-state index in [1.807, 2.05) is 103 Å². The van der Waals surface area contributed by atoms with E-state index < -0.39 is 19.4 Å². The van der Waals surface area contributed by atoms with Crippen molar-refractivity contribution in [3.8, 4) is 5.75 Å². The highest BCUT2D eigenvalue weighted by molar-refractivity contribution is 7.99. The number of pyridine rings is 1. The van der Waals surface area contributed by atoms with Gasteiger partial charge in [-0.3, -0.25) is 19.1 Å². The molecule has 2 heterocycles. The van der Waals surface area contributed by atoms with Crippen LogP contribution < -0.4 is 9.84 Å². The first-order valence-corrected chi connectivity index (χ1v) is 19.0. The zero-order chi connectivity index (χ0) is 34.7. The van der Waals surface area contributed by atoms with Crippen molar-refractivity contribution in [2.24, 2.45) is 5.92 Å². The summed E-state index contributed by atoms with van der Waals surface area (Å²) in [5.41, 5.74) is 2.39. The fraction of sp³-hybridized carbons (Fsp3) is 0.179. The number of carbonyl (C=O) groups excluding carboxylic acids is 2. The van der Waals surface area contributed by atoms with Crippen LogP contribution in [0.3, 0.4) is 0 Å². The first-order valence-electron chi connectivity index (χ1n) is 16.4. The molecule has 1 aliphatic carbocycles. The summed E-state index contributed by atoms with van der Waals surface area (Å²) in [6.45, 7) is 1.72. The standard InChI is InChI=1S/C39H35N4O5PS/c1-26(39(45)47-29-18-19-29)25-49(46,48-36-15-9-11-27-10-3-4-13-31(27)36)43-35-24-30(50-37-16-6-5-14-33(37)38(44)40-2)20-21-32(35)34(42-43)22-17-28-12-7-8-23-41-28/h3-17,20-24,26,29H,18-19,25H2,1-2H3,(H,40,44)/b22-17+/t26-,49?/m1/s1. The lowest BCUT2D eigenvalue weighted by Gasteiger charge is -2.23. The molecule has 1 fully saturated rings. The van der Waals surface area contributed by atoms with E-state index in [2.05, 4.69) is 10.3 Å². The molecule has 0 spiro atoms. The van der Waals surface area contributed by atoms with Crippen LogP contribution in [-0.2, 0) is 14.1 Å². The molecule has 0 radical (unpaired) electrons. The summed E-state index contributed by atoms with van der Waals surface area (Å²) >= 11 is 1.42. The molecule has 1 N–H and O–H groups in total. The Bertz CT molecular complexity index is 2280. The smallest absolute Gasteiger partial charge is 0.364 e. The monoisotopic (exact) mass is 702 g/mol. The van der Waals surface area contributed by atoms with Crippen LogP contribution in [0.15, 0.2) is 119 Å². The van der Waals surface area contributed by atoms with Gasteiger partial charge in [0, 0.05) is 33.8 Å². The van der Waals surface area contributed by atoms with Crippen molar-refractivity contribution < 1.29 is 23.4 Å². The van der Waals surface area contributed by atoms with Crippen LogP contribution >= 0.6 is 19.3 Å². The first kappa shape index (κ1) is 33.3. The van der Waals surface area contributed by atoms with Gasteiger partial charge in [0.25, 0.3) is 5.91 Å². The summed E-state index contributed by atoms with van der Waals surface area (Å²) in [7, 11) is -2.40. The Kier molecular flexibility index (Phi) is 9.57. The van der Waals surface area contributed by atoms with Gasteiger partial charge < -0.3 is 14.6 Å². The third-order valence-electron chi connectivity index (χ3n) is 8.34. The number of carbonyl (C=O) groups is 2. The predicted octanol–water partition coefficient (Wildman–Crippen LogP) is 8.73. The molecule has 1 amide bonds. The largest absolute Gasteiger partial charge is 0.462 e. The second kappa shape index (κ2) is 14.4. The van der Waals surface area contributed by atoms with Crippen LogP contribution in [0.2, 0.25) is 0 Å². The number of hydrogen-bond acceptors (Lipinski definition) is 8. The fourth-order valence-electron chi connectivity index (χ4n) is 5.64. The van der Waals surface area contributed by atoms with E-state index in [1.54, 1.807) is 32.3 Å². The Balaban J connectivity index is 1.37. The number of esters is 1. The van der Waals surface area contributed by atoms with Crippen LogP contribution in [0.25, 0.3) is 33.8 Å². The van der Waals surface area contributed by atoms with Crippen molar-refractivity contribution in [3.63, 3.8) is 0 Å². The molecule has 252 valence electrons. The molecule has 2 aromatic heterocycles. The molecule has 50 heavy (non-hydrogen) atoms. The lowest BCUT2D eigenvalue weighted by Crippen LogP contribution is -2.23. The molecule has 1 saturated carbocycles. The fourth-order valence-corrected chi connectivity index (χ4v) is 8.95. The highest BCUT2D eigenvalue weighted by Gasteiger charge is 2.38. The van der Waals surface area contributed by atoms with Gasteiger partial charge in [0.2, 0.25) is 0 Å². The van der Waals surface area contributed by atoms with Crippen LogP contribution in [0.1, 0.15) is 41.5 Å². The SMILES string of the molecule is CNC(=O)c1ccccc1Sc1ccc2c(/C=C/c3ccccn3)nn(P(=O)(C[C@@H](C)C(=O)OC3CC3)Oc3cccc4ccccc34)c2c1. The Morgan fingerprint density at radius 2 is 1.74 bits per heavy atom. The number of nitrogens with zero attached hydrogens (tertiary/aromatic N) is 3. The minimum Gasteiger partial charge on any atom is -0.462 e. The van der Waals surface area contributed by atoms with Gasteiger partial charge in [-0.2, -0.15) is 9.55 Å². The van der Waals surface area contributed by atoms with Crippen molar-refractivity contribution in [3.05, 3.63) is 126 Å². The minimum absolute atomic E-state index is 0.0885. The quantitative estimate of drug-likeness (QED) is 0.0996. The van der Waals surface area contributed by atoms with Gasteiger partial charge in [0.05, 0.1) is 34.5 Å². The lowest BCUT2D eigenvalue weighted by atomic mass is 10.1. The van der Waals surface area contributed by atoms with E-state index in [1.165, 1.54) is 16.2 Å². The van der Waals surface area contributed by atoms with Crippen LogP contribution in [0.5, 0.6) is 5.75 Å². The number of aromatic nitrogens is 3. The van der Waals surface area contributed by atoms with Gasteiger partial charge in [-0.05, 0) is 78.9 Å². The second-order valence-corrected chi connectivity index (χ2v) is 15.5. The van der Waals surface area contributed by atoms with E-state index in [0.29, 0.717) is 22.5 Å². The molecule has 0 bridgehead atoms. The van der Waals surface area contributed by atoms with Gasteiger partial charge in [-0.15, -0.1) is 0 Å². The summed E-state index contributed by atoms with van der Waals surface area (Å²) in [4.78, 5) is 31.8. The summed E-state index contributed by atoms with van der Waals surface area (Å²) in [5.74, 6) is -0.919. The Labute approximate surface area is 294 Å². The average Bonchev–Trinajstić information content (AvgIpc) is 3.88. The Hall–Kier alpha value is -5.18. The molecule has 0 saturated heterocycles. The zero-order valence-electron chi connectivity index (χ0n) is 27.6. The van der Waals surface area contributed by atoms with Crippen LogP contribution in [0.4, 0.5) is 0 Å². The molecule has 2 atom stereocenters. The molecule has 6 aromatic rings. The van der Waals surface area contributed by atoms with Gasteiger partial charge in [-0.25, -0.2) is 0 Å². The van der Waals surface area contributed by atoms with E-state index >= 15 is 4.57 Å². The van der Waals surface area contributed by atoms with E-state index in [0.717, 1.165) is 44.5 Å². The van der Waals surface area contributed by atoms with Crippen molar-refractivity contribution in [2.45, 2.75) is 35.7 Å². The molecule has 0 aliphatic heterocycles. The lowest BCUT2D eigenvalue weighted by molar-refractivity contribution is -0.148. The molecular formula is C39H35N4O5PS. The van der Waals surface area contributed by atoms with Crippen molar-refractivity contribution in [1.82, 2.24) is 19.9 Å². The maximum Gasteiger partial charge on any atom is 0.364 e. The molecule has 11 heteroatoms. The summed E-state index contributed by atoms with van der Waals surface area (Å²) in [6.07, 6.45) is 6.84. The number of fused-ring (bicyclic) bond motifs is 2. The number of benzene rings is 4. The molecule has 1 unspecified atom stereocenters. The topological polar surface area (TPSA) is 112 Å². The van der Waals surface area contributed by atoms with Crippen LogP contribution in [0, 0.1) is 5.92 Å². The number of rotatable bonds is 12. The Morgan fingerprint density at radius 1 is 0.960 bits per heavy atom. The normalized spacial score (nSPS) is 14.8. The van der Waals surface area contributed by atoms with Crippen molar-refractivity contribution >= 4 is 65.0 Å². The second-order valence-electron chi connectivity index (χ2n) is 12.1. The van der Waals surface area contributed by atoms with E-state index in [-0.39, 0.29) is 18.2 Å². The number of ether oxygens (including phenoxy) is 1. The third kappa shape index (κ3) is 7.22. The number of hydrogen-bond donors (Lipinski definition) is 1. The summed E-state index contributed by atoms with van der Waals surface area (Å²) in [6, 6.07) is 32.1. The maximum atomic E-state index is 15.6. The summed E-state index contributed by atoms with van der Waals surface area (Å²) in [5, 5.41) is 10.1. The van der Waals surface area contributed by atoms with Gasteiger partial charge in [0.1, 0.15) is 11.9 Å². The van der Waals surface area contributed by atoms with Crippen molar-refractivity contribution in [2.75, 3.05) is 13.2 Å². The van der Waals surface area contributed by atoms with Gasteiger partial charge >= 0.3 is 13.5 Å². The average molecular weight is 703 g/mol. The minimum atomic E-state index is -4.00. The number of nitrogens with one attached hydrogen (secondary N) is 1. The maximum absolute atomic E-state index is 15.6. The zero-order valence-corrected chi connectivity index (χ0v) is 29.3. The molecular weight excluding hydrogens is 667 g/mol. The number of amides is 1. The van der Waals surface area contributed by atoms with Gasteiger partial charge in [-0.1, -0.05) is 73.3 Å². The molecule has 1 aliphatic rings. The Morgan fingerprint density at radius 3 is 2.54 bits per heavy atom. The highest BCUT2D eigenvalue weighted by atomic mass is 32.2. The van der Waals surface area contributed by atoms with Gasteiger partial charge in [0.15, 0.2) is 0 Å².